The van der Waals surface area contributed by atoms with Crippen LogP contribution in [-0.2, 0) is 16.6 Å². The van der Waals surface area contributed by atoms with Gasteiger partial charge in [-0.15, -0.1) is 11.3 Å². The van der Waals surface area contributed by atoms with Crippen molar-refractivity contribution in [1.82, 2.24) is 10.0 Å². The predicted molar refractivity (Wildman–Crippen MR) is 79.5 cm³/mol. The molecule has 1 heterocycles. The molecule has 1 rings (SSSR count). The standard InChI is InChI=1S/C11H19BrN2O2S2/c1-4-5-8(2)14-18(15,16)10-6-9(7-13-3)17-11(10)12/h6,8,13-14H,4-5,7H2,1-3H3. The summed E-state index contributed by atoms with van der Waals surface area (Å²) in [5.74, 6) is 0. The van der Waals surface area contributed by atoms with Gasteiger partial charge in [-0.2, -0.15) is 0 Å². The van der Waals surface area contributed by atoms with E-state index in [2.05, 4.69) is 26.0 Å². The van der Waals surface area contributed by atoms with E-state index in [4.69, 9.17) is 0 Å². The van der Waals surface area contributed by atoms with Crippen LogP contribution in [0.15, 0.2) is 14.7 Å². The summed E-state index contributed by atoms with van der Waals surface area (Å²) >= 11 is 4.76. The fourth-order valence-electron chi connectivity index (χ4n) is 1.66. The molecule has 0 aliphatic rings. The number of thiophene rings is 1. The van der Waals surface area contributed by atoms with Crippen molar-refractivity contribution >= 4 is 37.3 Å². The Morgan fingerprint density at radius 3 is 2.72 bits per heavy atom. The van der Waals surface area contributed by atoms with E-state index in [9.17, 15) is 8.42 Å². The fourth-order valence-corrected chi connectivity index (χ4v) is 5.64. The molecule has 1 aromatic rings. The van der Waals surface area contributed by atoms with Gasteiger partial charge in [0.15, 0.2) is 0 Å². The first-order valence-corrected chi connectivity index (χ1v) is 8.95. The predicted octanol–water partition coefficient (Wildman–Crippen LogP) is 2.70. The van der Waals surface area contributed by atoms with Crippen molar-refractivity contribution in [2.45, 2.75) is 44.2 Å². The molecule has 7 heteroatoms. The molecule has 1 aromatic heterocycles. The van der Waals surface area contributed by atoms with Crippen molar-refractivity contribution in [3.05, 3.63) is 14.7 Å². The molecular formula is C11H19BrN2O2S2. The Morgan fingerprint density at radius 2 is 2.17 bits per heavy atom. The molecule has 1 unspecified atom stereocenters. The van der Waals surface area contributed by atoms with Crippen LogP contribution in [0, 0.1) is 0 Å². The Morgan fingerprint density at radius 1 is 1.50 bits per heavy atom. The molecule has 0 aromatic carbocycles. The lowest BCUT2D eigenvalue weighted by molar-refractivity contribution is 0.544. The van der Waals surface area contributed by atoms with Gasteiger partial charge in [-0.25, -0.2) is 13.1 Å². The summed E-state index contributed by atoms with van der Waals surface area (Å²) in [4.78, 5) is 1.33. The Kier molecular flexibility index (Phi) is 6.26. The van der Waals surface area contributed by atoms with Gasteiger partial charge in [-0.05, 0) is 42.4 Å². The maximum atomic E-state index is 12.2. The normalized spacial score (nSPS) is 13.8. The Balaban J connectivity index is 2.90. The smallest absolute Gasteiger partial charge is 0.242 e. The maximum Gasteiger partial charge on any atom is 0.242 e. The van der Waals surface area contributed by atoms with Crippen LogP contribution in [0.5, 0.6) is 0 Å². The van der Waals surface area contributed by atoms with Crippen LogP contribution in [0.25, 0.3) is 0 Å². The van der Waals surface area contributed by atoms with Crippen LogP contribution in [0.1, 0.15) is 31.6 Å². The average molecular weight is 355 g/mol. The fraction of sp³-hybridized carbons (Fsp3) is 0.636. The van der Waals surface area contributed by atoms with Gasteiger partial charge in [0.2, 0.25) is 10.0 Å². The minimum atomic E-state index is -3.42. The first-order valence-electron chi connectivity index (χ1n) is 5.85. The van der Waals surface area contributed by atoms with Crippen molar-refractivity contribution in [3.63, 3.8) is 0 Å². The lowest BCUT2D eigenvalue weighted by Crippen LogP contribution is -2.32. The highest BCUT2D eigenvalue weighted by Crippen LogP contribution is 2.31. The second-order valence-corrected chi connectivity index (χ2v) is 8.33. The van der Waals surface area contributed by atoms with Crippen LogP contribution < -0.4 is 10.0 Å². The molecule has 0 fully saturated rings. The first-order chi connectivity index (χ1) is 8.40. The van der Waals surface area contributed by atoms with Crippen LogP contribution in [-0.4, -0.2) is 21.5 Å². The first kappa shape index (κ1) is 16.1. The topological polar surface area (TPSA) is 58.2 Å². The summed E-state index contributed by atoms with van der Waals surface area (Å²) in [5, 5.41) is 3.01. The molecular weight excluding hydrogens is 336 g/mol. The van der Waals surface area contributed by atoms with Gasteiger partial charge >= 0.3 is 0 Å². The molecule has 0 aliphatic heterocycles. The molecule has 0 spiro atoms. The zero-order chi connectivity index (χ0) is 13.8. The highest BCUT2D eigenvalue weighted by Gasteiger charge is 2.22. The van der Waals surface area contributed by atoms with Gasteiger partial charge < -0.3 is 5.32 Å². The molecule has 104 valence electrons. The lowest BCUT2D eigenvalue weighted by atomic mass is 10.2. The minimum Gasteiger partial charge on any atom is -0.315 e. The molecule has 0 amide bonds. The minimum absolute atomic E-state index is 0.0421. The van der Waals surface area contributed by atoms with E-state index in [1.165, 1.54) is 11.3 Å². The van der Waals surface area contributed by atoms with Crippen molar-refractivity contribution < 1.29 is 8.42 Å². The number of hydrogen-bond donors (Lipinski definition) is 2. The summed E-state index contributed by atoms with van der Waals surface area (Å²) in [6.45, 7) is 4.59. The molecule has 0 bridgehead atoms. The van der Waals surface area contributed by atoms with E-state index in [-0.39, 0.29) is 6.04 Å². The Hall–Kier alpha value is 0.0500. The Labute approximate surface area is 121 Å². The highest BCUT2D eigenvalue weighted by molar-refractivity contribution is 9.11. The van der Waals surface area contributed by atoms with Crippen LogP contribution >= 0.6 is 27.3 Å². The van der Waals surface area contributed by atoms with Gasteiger partial charge in [0.05, 0.1) is 3.79 Å². The molecule has 1 atom stereocenters. The number of nitrogens with one attached hydrogen (secondary N) is 2. The van der Waals surface area contributed by atoms with Crippen LogP contribution in [0.3, 0.4) is 0 Å². The molecule has 0 radical (unpaired) electrons. The van der Waals surface area contributed by atoms with E-state index >= 15 is 0 Å². The number of halogens is 1. The van der Waals surface area contributed by atoms with E-state index in [0.717, 1.165) is 17.7 Å². The largest absolute Gasteiger partial charge is 0.315 e. The summed E-state index contributed by atoms with van der Waals surface area (Å²) in [7, 11) is -1.59. The van der Waals surface area contributed by atoms with E-state index in [0.29, 0.717) is 15.2 Å². The number of hydrogen-bond acceptors (Lipinski definition) is 4. The number of sulfonamides is 1. The molecule has 4 nitrogen and oxygen atoms in total. The lowest BCUT2D eigenvalue weighted by Gasteiger charge is -2.12. The molecule has 18 heavy (non-hydrogen) atoms. The quantitative estimate of drug-likeness (QED) is 0.791. The second kappa shape index (κ2) is 7.00. The molecule has 2 N–H and O–H groups in total. The van der Waals surface area contributed by atoms with Gasteiger partial charge in [0, 0.05) is 17.5 Å². The van der Waals surface area contributed by atoms with Gasteiger partial charge in [-0.3, -0.25) is 0 Å². The van der Waals surface area contributed by atoms with Crippen molar-refractivity contribution in [2.75, 3.05) is 7.05 Å². The van der Waals surface area contributed by atoms with E-state index < -0.39 is 10.0 Å². The van der Waals surface area contributed by atoms with Crippen molar-refractivity contribution in [2.24, 2.45) is 0 Å². The monoisotopic (exact) mass is 354 g/mol. The van der Waals surface area contributed by atoms with E-state index in [1.807, 2.05) is 20.9 Å². The van der Waals surface area contributed by atoms with Gasteiger partial charge in [0.25, 0.3) is 0 Å². The zero-order valence-electron chi connectivity index (χ0n) is 10.8. The third-order valence-corrected chi connectivity index (χ3v) is 6.27. The molecule has 0 saturated heterocycles. The van der Waals surface area contributed by atoms with Gasteiger partial charge in [-0.1, -0.05) is 13.3 Å². The third-order valence-electron chi connectivity index (χ3n) is 2.43. The molecule has 0 saturated carbocycles. The summed E-state index contributed by atoms with van der Waals surface area (Å²) < 4.78 is 27.8. The van der Waals surface area contributed by atoms with Crippen molar-refractivity contribution in [3.8, 4) is 0 Å². The maximum absolute atomic E-state index is 12.2. The summed E-state index contributed by atoms with van der Waals surface area (Å²) in [6, 6.07) is 1.67. The van der Waals surface area contributed by atoms with Crippen LogP contribution in [0.2, 0.25) is 0 Å². The molecule has 0 aliphatic carbocycles. The highest BCUT2D eigenvalue weighted by atomic mass is 79.9. The van der Waals surface area contributed by atoms with Crippen LogP contribution in [0.4, 0.5) is 0 Å². The summed E-state index contributed by atoms with van der Waals surface area (Å²) in [6.07, 6.45) is 1.80. The average Bonchev–Trinajstić information content (AvgIpc) is 2.60. The van der Waals surface area contributed by atoms with Crippen molar-refractivity contribution in [1.29, 1.82) is 0 Å². The van der Waals surface area contributed by atoms with E-state index in [1.54, 1.807) is 6.07 Å². The SMILES string of the molecule is CCCC(C)NS(=O)(=O)c1cc(CNC)sc1Br. The van der Waals surface area contributed by atoms with Gasteiger partial charge in [0.1, 0.15) is 4.90 Å². The second-order valence-electron chi connectivity index (χ2n) is 4.19. The Bertz CT molecular complexity index is 485. The number of rotatable bonds is 7. The zero-order valence-corrected chi connectivity index (χ0v) is 14.0. The third kappa shape index (κ3) is 4.31. The summed E-state index contributed by atoms with van der Waals surface area (Å²) in [5.41, 5.74) is 0.